The molecule has 0 spiro atoms. The number of amides is 4. The van der Waals surface area contributed by atoms with Crippen LogP contribution in [-0.2, 0) is 36.4 Å². The molecular formula is C38H45ClF2N4O7. The highest BCUT2D eigenvalue weighted by atomic mass is 35.5. The molecule has 0 radical (unpaired) electrons. The smallest absolute Gasteiger partial charge is 0.408 e. The average molecular weight is 743 g/mol. The maximum atomic E-state index is 16.0. The average Bonchev–Trinajstić information content (AvgIpc) is 3.55. The van der Waals surface area contributed by atoms with E-state index in [0.717, 1.165) is 11.6 Å². The van der Waals surface area contributed by atoms with E-state index in [9.17, 15) is 24.3 Å². The molecule has 2 unspecified atom stereocenters. The Hall–Kier alpha value is -4.59. The molecule has 5 N–H and O–H groups in total. The fraction of sp³-hybridized carbons (Fsp3) is 0.421. The molecule has 1 aliphatic rings. The highest BCUT2D eigenvalue weighted by Crippen LogP contribution is 2.43. The first kappa shape index (κ1) is 40.2. The van der Waals surface area contributed by atoms with E-state index >= 15 is 8.78 Å². The van der Waals surface area contributed by atoms with Gasteiger partial charge >= 0.3 is 12.0 Å². The predicted molar refractivity (Wildman–Crippen MR) is 190 cm³/mol. The van der Waals surface area contributed by atoms with Crippen molar-refractivity contribution in [1.29, 1.82) is 0 Å². The Morgan fingerprint density at radius 2 is 1.71 bits per heavy atom. The van der Waals surface area contributed by atoms with Gasteiger partial charge in [0.1, 0.15) is 6.04 Å². The van der Waals surface area contributed by atoms with E-state index in [4.69, 9.17) is 21.1 Å². The van der Waals surface area contributed by atoms with Crippen molar-refractivity contribution in [3.05, 3.63) is 107 Å². The Kier molecular flexibility index (Phi) is 15.4. The van der Waals surface area contributed by atoms with Gasteiger partial charge in [-0.05, 0) is 42.5 Å². The van der Waals surface area contributed by atoms with Crippen molar-refractivity contribution in [2.45, 2.75) is 75.8 Å². The Labute approximate surface area is 306 Å². The van der Waals surface area contributed by atoms with Gasteiger partial charge in [-0.3, -0.25) is 14.4 Å². The summed E-state index contributed by atoms with van der Waals surface area (Å²) in [6, 6.07) is 19.5. The van der Waals surface area contributed by atoms with Crippen molar-refractivity contribution in [3.8, 4) is 0 Å². The number of rotatable bonds is 19. The van der Waals surface area contributed by atoms with Gasteiger partial charge in [0.15, 0.2) is 12.2 Å². The van der Waals surface area contributed by atoms with Crippen molar-refractivity contribution < 1.29 is 42.5 Å². The van der Waals surface area contributed by atoms with Crippen molar-refractivity contribution in [2.75, 3.05) is 19.7 Å². The number of benzene rings is 3. The van der Waals surface area contributed by atoms with Crippen LogP contribution in [0.1, 0.15) is 61.8 Å². The molecule has 280 valence electrons. The van der Waals surface area contributed by atoms with E-state index in [1.54, 1.807) is 6.07 Å². The van der Waals surface area contributed by atoms with Crippen LogP contribution in [0, 0.1) is 5.92 Å². The van der Waals surface area contributed by atoms with Gasteiger partial charge in [-0.25, -0.2) is 4.79 Å². The monoisotopic (exact) mass is 742 g/mol. The van der Waals surface area contributed by atoms with Crippen molar-refractivity contribution in [3.63, 3.8) is 0 Å². The number of aliphatic hydroxyl groups is 1. The standard InChI is InChI=1S/C38H45ClF2N4O7/c1-2-3-17-30(45-37(50)52-33(26-13-8-5-9-14-26)38(40,41)28-15-10-16-29(39)23-28)35(48)44-31(22-27-18-19-42-34(27)47)32(46)36(49)43-20-21-51-24-25-11-6-4-7-12-25/h4-16,23,27,30-33,46H,2-3,17-22,24H2,1H3,(H,42,47)(H,43,49)(H,44,48)(H,45,50)/t27-,30-,31-,32?,33?/m0/s1. The summed E-state index contributed by atoms with van der Waals surface area (Å²) >= 11 is 5.99. The van der Waals surface area contributed by atoms with E-state index in [0.29, 0.717) is 32.4 Å². The molecule has 0 saturated carbocycles. The van der Waals surface area contributed by atoms with Crippen LogP contribution in [-0.4, -0.2) is 66.8 Å². The van der Waals surface area contributed by atoms with E-state index in [1.165, 1.54) is 42.5 Å². The van der Waals surface area contributed by atoms with Gasteiger partial charge in [0.25, 0.3) is 5.91 Å². The third-order valence-electron chi connectivity index (χ3n) is 8.66. The Morgan fingerprint density at radius 1 is 1.00 bits per heavy atom. The number of aliphatic hydroxyl groups excluding tert-OH is 1. The number of hydrogen-bond donors (Lipinski definition) is 5. The SMILES string of the molecule is CCCC[C@H](NC(=O)OC(c1ccccc1)C(F)(F)c1cccc(Cl)c1)C(=O)N[C@@H](C[C@@H]1CCNC1=O)C(O)C(=O)NCCOCc1ccccc1. The number of hydrogen-bond acceptors (Lipinski definition) is 7. The van der Waals surface area contributed by atoms with Crippen LogP contribution in [0.2, 0.25) is 5.02 Å². The molecule has 0 aliphatic carbocycles. The molecule has 4 rings (SSSR count). The molecule has 11 nitrogen and oxygen atoms in total. The second-order valence-electron chi connectivity index (χ2n) is 12.6. The molecule has 1 heterocycles. The summed E-state index contributed by atoms with van der Waals surface area (Å²) in [4.78, 5) is 52.5. The number of carbonyl (C=O) groups excluding carboxylic acids is 4. The molecule has 0 bridgehead atoms. The third kappa shape index (κ3) is 11.7. The summed E-state index contributed by atoms with van der Waals surface area (Å²) in [6.45, 7) is 2.82. The number of carbonyl (C=O) groups is 4. The summed E-state index contributed by atoms with van der Waals surface area (Å²) in [6.07, 6.45) is -3.59. The van der Waals surface area contributed by atoms with Gasteiger partial charge in [-0.1, -0.05) is 104 Å². The molecule has 52 heavy (non-hydrogen) atoms. The van der Waals surface area contributed by atoms with Crippen LogP contribution in [0.25, 0.3) is 0 Å². The first-order valence-corrected chi connectivity index (χ1v) is 17.7. The highest BCUT2D eigenvalue weighted by molar-refractivity contribution is 6.30. The zero-order valence-electron chi connectivity index (χ0n) is 28.9. The van der Waals surface area contributed by atoms with Gasteiger partial charge in [0, 0.05) is 29.6 Å². The maximum Gasteiger partial charge on any atom is 0.408 e. The highest BCUT2D eigenvalue weighted by Gasteiger charge is 2.46. The molecule has 1 fully saturated rings. The molecule has 1 saturated heterocycles. The Morgan fingerprint density at radius 3 is 2.37 bits per heavy atom. The third-order valence-corrected chi connectivity index (χ3v) is 8.89. The second-order valence-corrected chi connectivity index (χ2v) is 13.0. The van der Waals surface area contributed by atoms with Gasteiger partial charge < -0.3 is 35.8 Å². The van der Waals surface area contributed by atoms with Crippen LogP contribution in [0.5, 0.6) is 0 Å². The van der Waals surface area contributed by atoms with Crippen LogP contribution in [0.3, 0.4) is 0 Å². The maximum absolute atomic E-state index is 16.0. The minimum absolute atomic E-state index is 0.00619. The minimum Gasteiger partial charge on any atom is -0.434 e. The lowest BCUT2D eigenvalue weighted by Gasteiger charge is -2.30. The summed E-state index contributed by atoms with van der Waals surface area (Å²) in [5.41, 5.74) is 0.481. The second kappa shape index (κ2) is 19.9. The number of nitrogens with one attached hydrogen (secondary N) is 4. The van der Waals surface area contributed by atoms with Crippen molar-refractivity contribution >= 4 is 35.4 Å². The Bertz CT molecular complexity index is 1620. The molecule has 5 atom stereocenters. The topological polar surface area (TPSA) is 155 Å². The van der Waals surface area contributed by atoms with E-state index < -0.39 is 59.6 Å². The fourth-order valence-corrected chi connectivity index (χ4v) is 6.00. The van der Waals surface area contributed by atoms with Gasteiger partial charge in [-0.15, -0.1) is 0 Å². The summed E-state index contributed by atoms with van der Waals surface area (Å²) in [5, 5.41) is 21.5. The van der Waals surface area contributed by atoms with Crippen LogP contribution < -0.4 is 21.3 Å². The predicted octanol–water partition coefficient (Wildman–Crippen LogP) is 5.16. The van der Waals surface area contributed by atoms with E-state index in [2.05, 4.69) is 21.3 Å². The molecule has 4 amide bonds. The number of ether oxygens (including phenoxy) is 2. The zero-order valence-corrected chi connectivity index (χ0v) is 29.6. The quantitative estimate of drug-likeness (QED) is 0.106. The van der Waals surface area contributed by atoms with E-state index in [-0.39, 0.29) is 42.5 Å². The largest absolute Gasteiger partial charge is 0.434 e. The van der Waals surface area contributed by atoms with Gasteiger partial charge in [0.2, 0.25) is 11.8 Å². The lowest BCUT2D eigenvalue weighted by atomic mass is 9.94. The van der Waals surface area contributed by atoms with Crippen molar-refractivity contribution in [1.82, 2.24) is 21.3 Å². The molecule has 1 aliphatic heterocycles. The van der Waals surface area contributed by atoms with Gasteiger partial charge in [0.05, 0.1) is 19.3 Å². The zero-order chi connectivity index (χ0) is 37.5. The first-order chi connectivity index (χ1) is 25.0. The van der Waals surface area contributed by atoms with Crippen LogP contribution >= 0.6 is 11.6 Å². The summed E-state index contributed by atoms with van der Waals surface area (Å²) < 4.78 is 42.9. The molecular weight excluding hydrogens is 698 g/mol. The number of unbranched alkanes of at least 4 members (excludes halogenated alkanes) is 1. The molecule has 3 aromatic rings. The Balaban J connectivity index is 1.45. The van der Waals surface area contributed by atoms with Crippen LogP contribution in [0.15, 0.2) is 84.9 Å². The summed E-state index contributed by atoms with van der Waals surface area (Å²) in [5.74, 6) is -6.17. The number of halogens is 3. The minimum atomic E-state index is -3.72. The normalized spacial score (nSPS) is 16.6. The fourth-order valence-electron chi connectivity index (χ4n) is 5.81. The van der Waals surface area contributed by atoms with Crippen LogP contribution in [0.4, 0.5) is 13.6 Å². The lowest BCUT2D eigenvalue weighted by Crippen LogP contribution is -2.56. The molecule has 14 heteroatoms. The number of alkyl halides is 2. The lowest BCUT2D eigenvalue weighted by molar-refractivity contribution is -0.134. The van der Waals surface area contributed by atoms with Gasteiger partial charge in [-0.2, -0.15) is 8.78 Å². The molecule has 3 aromatic carbocycles. The van der Waals surface area contributed by atoms with Crippen molar-refractivity contribution in [2.24, 2.45) is 5.92 Å². The van der Waals surface area contributed by atoms with E-state index in [1.807, 2.05) is 37.3 Å². The first-order valence-electron chi connectivity index (χ1n) is 17.3. The number of alkyl carbamates (subject to hydrolysis) is 1. The summed E-state index contributed by atoms with van der Waals surface area (Å²) in [7, 11) is 0. The molecule has 0 aromatic heterocycles.